The number of carbonyl (C=O) groups is 1. The van der Waals surface area contributed by atoms with Gasteiger partial charge in [-0.05, 0) is 6.42 Å². The first-order valence-corrected chi connectivity index (χ1v) is 4.45. The van der Waals surface area contributed by atoms with Crippen LogP contribution in [0.3, 0.4) is 0 Å². The number of halogens is 1. The number of aliphatic carboxylic acids is 1. The van der Waals surface area contributed by atoms with Gasteiger partial charge in [0.25, 0.3) is 0 Å². The van der Waals surface area contributed by atoms with Crippen molar-refractivity contribution in [2.24, 2.45) is 0 Å². The fourth-order valence-corrected chi connectivity index (χ4v) is 1.27. The van der Waals surface area contributed by atoms with E-state index in [1.165, 1.54) is 17.1 Å². The quantitative estimate of drug-likeness (QED) is 0.812. The van der Waals surface area contributed by atoms with Gasteiger partial charge in [-0.3, -0.25) is 4.68 Å². The van der Waals surface area contributed by atoms with Gasteiger partial charge in [-0.1, -0.05) is 24.9 Å². The lowest BCUT2D eigenvalue weighted by atomic mass is 10.2. The summed E-state index contributed by atoms with van der Waals surface area (Å²) in [6, 6.07) is -0.600. The molecule has 13 heavy (non-hydrogen) atoms. The Hall–Kier alpha value is -1.03. The number of carboxylic acid groups (broad SMARTS) is 1. The molecule has 0 spiro atoms. The van der Waals surface area contributed by atoms with E-state index in [9.17, 15) is 4.79 Å². The maximum absolute atomic E-state index is 10.8. The minimum absolute atomic E-state index is 0.461. The van der Waals surface area contributed by atoms with Crippen LogP contribution in [0.5, 0.6) is 0 Å². The van der Waals surface area contributed by atoms with Crippen molar-refractivity contribution >= 4 is 17.6 Å². The zero-order valence-corrected chi connectivity index (χ0v) is 8.03. The van der Waals surface area contributed by atoms with Crippen LogP contribution in [0.1, 0.15) is 25.8 Å². The molecule has 1 rings (SSSR count). The number of nitrogens with zero attached hydrogens (tertiary/aromatic N) is 2. The van der Waals surface area contributed by atoms with E-state index >= 15 is 0 Å². The SMILES string of the molecule is CCCC(C(=O)O)n1cc(Cl)cn1. The number of carboxylic acids is 1. The van der Waals surface area contributed by atoms with E-state index in [1.807, 2.05) is 6.92 Å². The minimum atomic E-state index is -0.874. The van der Waals surface area contributed by atoms with Crippen molar-refractivity contribution in [2.75, 3.05) is 0 Å². The van der Waals surface area contributed by atoms with E-state index in [-0.39, 0.29) is 0 Å². The Morgan fingerprint density at radius 3 is 2.92 bits per heavy atom. The largest absolute Gasteiger partial charge is 0.480 e. The lowest BCUT2D eigenvalue weighted by Gasteiger charge is -2.10. The lowest BCUT2D eigenvalue weighted by Crippen LogP contribution is -2.19. The molecule has 0 saturated carbocycles. The average molecular weight is 203 g/mol. The second-order valence-electron chi connectivity index (χ2n) is 2.78. The van der Waals surface area contributed by atoms with Gasteiger partial charge in [0, 0.05) is 6.20 Å². The van der Waals surface area contributed by atoms with E-state index < -0.39 is 12.0 Å². The first-order valence-electron chi connectivity index (χ1n) is 4.07. The molecule has 0 aliphatic carbocycles. The topological polar surface area (TPSA) is 55.1 Å². The number of hydrogen-bond acceptors (Lipinski definition) is 2. The van der Waals surface area contributed by atoms with E-state index in [0.717, 1.165) is 6.42 Å². The van der Waals surface area contributed by atoms with E-state index in [4.69, 9.17) is 16.7 Å². The first-order chi connectivity index (χ1) is 6.15. The van der Waals surface area contributed by atoms with Crippen molar-refractivity contribution in [1.29, 1.82) is 0 Å². The van der Waals surface area contributed by atoms with Crippen molar-refractivity contribution in [1.82, 2.24) is 9.78 Å². The van der Waals surface area contributed by atoms with Gasteiger partial charge in [-0.15, -0.1) is 0 Å². The third kappa shape index (κ3) is 2.45. The Labute approximate surface area is 81.1 Å². The molecule has 0 radical (unpaired) electrons. The predicted molar refractivity (Wildman–Crippen MR) is 48.8 cm³/mol. The summed E-state index contributed by atoms with van der Waals surface area (Å²) < 4.78 is 1.38. The molecular formula is C8H11ClN2O2. The molecule has 0 bridgehead atoms. The lowest BCUT2D eigenvalue weighted by molar-refractivity contribution is -0.141. The molecular weight excluding hydrogens is 192 g/mol. The molecule has 1 unspecified atom stereocenters. The van der Waals surface area contributed by atoms with Gasteiger partial charge in [0.15, 0.2) is 0 Å². The summed E-state index contributed by atoms with van der Waals surface area (Å²) in [7, 11) is 0. The number of aromatic nitrogens is 2. The predicted octanol–water partition coefficient (Wildman–Crippen LogP) is 1.96. The molecule has 5 heteroatoms. The van der Waals surface area contributed by atoms with Crippen molar-refractivity contribution < 1.29 is 9.90 Å². The van der Waals surface area contributed by atoms with Gasteiger partial charge in [-0.2, -0.15) is 5.10 Å². The third-order valence-corrected chi connectivity index (χ3v) is 1.93. The Kier molecular flexibility index (Phi) is 3.31. The van der Waals surface area contributed by atoms with E-state index in [2.05, 4.69) is 5.10 Å². The van der Waals surface area contributed by atoms with E-state index in [0.29, 0.717) is 11.4 Å². The molecule has 0 aromatic carbocycles. The molecule has 0 fully saturated rings. The number of hydrogen-bond donors (Lipinski definition) is 1. The van der Waals surface area contributed by atoms with Crippen LogP contribution in [0.25, 0.3) is 0 Å². The standard InChI is InChI=1S/C8H11ClN2O2/c1-2-3-7(8(12)13)11-5-6(9)4-10-11/h4-5,7H,2-3H2,1H3,(H,12,13). The van der Waals surface area contributed by atoms with Crippen LogP contribution in [-0.4, -0.2) is 20.9 Å². The van der Waals surface area contributed by atoms with Gasteiger partial charge in [-0.25, -0.2) is 4.79 Å². The molecule has 1 N–H and O–H groups in total. The summed E-state index contributed by atoms with van der Waals surface area (Å²) in [6.07, 6.45) is 4.32. The normalized spacial score (nSPS) is 12.8. The highest BCUT2D eigenvalue weighted by molar-refractivity contribution is 6.30. The van der Waals surface area contributed by atoms with Crippen LogP contribution in [0, 0.1) is 0 Å². The monoisotopic (exact) mass is 202 g/mol. The van der Waals surface area contributed by atoms with Gasteiger partial charge in [0.2, 0.25) is 0 Å². The summed E-state index contributed by atoms with van der Waals surface area (Å²) in [5, 5.41) is 13.2. The summed E-state index contributed by atoms with van der Waals surface area (Å²) in [5.41, 5.74) is 0. The van der Waals surface area contributed by atoms with Crippen molar-refractivity contribution in [2.45, 2.75) is 25.8 Å². The Morgan fingerprint density at radius 2 is 2.54 bits per heavy atom. The molecule has 1 aromatic rings. The summed E-state index contributed by atoms with van der Waals surface area (Å²) in [5.74, 6) is -0.874. The van der Waals surface area contributed by atoms with Gasteiger partial charge >= 0.3 is 5.97 Å². The summed E-state index contributed by atoms with van der Waals surface area (Å²) in [4.78, 5) is 10.8. The van der Waals surface area contributed by atoms with Gasteiger partial charge in [0.05, 0.1) is 11.2 Å². The fraction of sp³-hybridized carbons (Fsp3) is 0.500. The van der Waals surface area contributed by atoms with Crippen LogP contribution in [0.15, 0.2) is 12.4 Å². The molecule has 0 saturated heterocycles. The van der Waals surface area contributed by atoms with Crippen molar-refractivity contribution in [3.63, 3.8) is 0 Å². The molecule has 0 aliphatic rings. The first kappa shape index (κ1) is 10.1. The summed E-state index contributed by atoms with van der Waals surface area (Å²) in [6.45, 7) is 1.93. The van der Waals surface area contributed by atoms with Crippen LogP contribution < -0.4 is 0 Å². The molecule has 1 atom stereocenters. The minimum Gasteiger partial charge on any atom is -0.480 e. The smallest absolute Gasteiger partial charge is 0.328 e. The molecule has 1 heterocycles. The highest BCUT2D eigenvalue weighted by atomic mass is 35.5. The molecule has 4 nitrogen and oxygen atoms in total. The highest BCUT2D eigenvalue weighted by Gasteiger charge is 2.18. The van der Waals surface area contributed by atoms with Gasteiger partial charge in [0.1, 0.15) is 6.04 Å². The Morgan fingerprint density at radius 1 is 1.85 bits per heavy atom. The molecule has 1 aromatic heterocycles. The third-order valence-electron chi connectivity index (χ3n) is 1.74. The van der Waals surface area contributed by atoms with Crippen LogP contribution >= 0.6 is 11.6 Å². The maximum Gasteiger partial charge on any atom is 0.328 e. The van der Waals surface area contributed by atoms with Gasteiger partial charge < -0.3 is 5.11 Å². The van der Waals surface area contributed by atoms with Crippen molar-refractivity contribution in [3.05, 3.63) is 17.4 Å². The highest BCUT2D eigenvalue weighted by Crippen LogP contribution is 2.15. The number of rotatable bonds is 4. The Bertz CT molecular complexity index is 298. The van der Waals surface area contributed by atoms with Crippen molar-refractivity contribution in [3.8, 4) is 0 Å². The zero-order chi connectivity index (χ0) is 9.84. The van der Waals surface area contributed by atoms with Crippen LogP contribution in [0.2, 0.25) is 5.02 Å². The molecule has 0 amide bonds. The molecule has 0 aliphatic heterocycles. The van der Waals surface area contributed by atoms with Crippen LogP contribution in [-0.2, 0) is 4.79 Å². The summed E-state index contributed by atoms with van der Waals surface area (Å²) >= 11 is 5.63. The van der Waals surface area contributed by atoms with Crippen LogP contribution in [0.4, 0.5) is 0 Å². The molecule has 72 valence electrons. The maximum atomic E-state index is 10.8. The second-order valence-corrected chi connectivity index (χ2v) is 3.22. The van der Waals surface area contributed by atoms with E-state index in [1.54, 1.807) is 0 Å². The Balaban J connectivity index is 2.81. The fourth-order valence-electron chi connectivity index (χ4n) is 1.13. The zero-order valence-electron chi connectivity index (χ0n) is 7.27. The second kappa shape index (κ2) is 4.28. The average Bonchev–Trinajstić information content (AvgIpc) is 2.46.